The van der Waals surface area contributed by atoms with Crippen molar-refractivity contribution in [1.82, 2.24) is 4.98 Å². The number of aliphatic hydroxyl groups excluding tert-OH is 1. The smallest absolute Gasteiger partial charge is 0.324 e. The standard InChI is InChI=1S/C16H15ClN4O3/c17-12-3-4-14(24-7-1-6-22)13(8-12)20-16(23)21-15-5-2-11(9-18)10-19-15/h2-5,8,10,22H,1,6-7H2,(H2,19,20,21,23). The molecule has 0 radical (unpaired) electrons. The molecule has 1 aromatic heterocycles. The first-order valence-electron chi connectivity index (χ1n) is 7.09. The maximum Gasteiger partial charge on any atom is 0.324 e. The van der Waals surface area contributed by atoms with Crippen LogP contribution in [0, 0.1) is 11.3 Å². The van der Waals surface area contributed by atoms with Gasteiger partial charge in [-0.25, -0.2) is 9.78 Å². The SMILES string of the molecule is N#Cc1ccc(NC(=O)Nc2cc(Cl)ccc2OCCCO)nc1. The Hall–Kier alpha value is -2.82. The molecule has 0 aliphatic heterocycles. The first-order chi connectivity index (χ1) is 11.6. The van der Waals surface area contributed by atoms with Crippen molar-refractivity contribution in [1.29, 1.82) is 5.26 Å². The third kappa shape index (κ3) is 5.12. The lowest BCUT2D eigenvalue weighted by Gasteiger charge is -2.13. The van der Waals surface area contributed by atoms with E-state index in [1.165, 1.54) is 12.3 Å². The normalized spacial score (nSPS) is 9.88. The summed E-state index contributed by atoms with van der Waals surface area (Å²) in [7, 11) is 0. The molecule has 8 heteroatoms. The van der Waals surface area contributed by atoms with Gasteiger partial charge in [-0.1, -0.05) is 11.6 Å². The summed E-state index contributed by atoms with van der Waals surface area (Å²) in [4.78, 5) is 16.0. The van der Waals surface area contributed by atoms with E-state index in [0.717, 1.165) is 0 Å². The number of pyridine rings is 1. The Kier molecular flexibility index (Phi) is 6.37. The Balaban J connectivity index is 2.04. The summed E-state index contributed by atoms with van der Waals surface area (Å²) in [6.45, 7) is 0.326. The number of amides is 2. The van der Waals surface area contributed by atoms with Gasteiger partial charge < -0.3 is 15.2 Å². The van der Waals surface area contributed by atoms with Crippen LogP contribution in [0.1, 0.15) is 12.0 Å². The van der Waals surface area contributed by atoms with Crippen LogP contribution in [0.3, 0.4) is 0 Å². The number of nitrogens with one attached hydrogen (secondary N) is 2. The zero-order chi connectivity index (χ0) is 17.4. The van der Waals surface area contributed by atoms with Crippen LogP contribution in [0.15, 0.2) is 36.5 Å². The molecule has 0 bridgehead atoms. The fourth-order valence-corrected chi connectivity index (χ4v) is 1.95. The van der Waals surface area contributed by atoms with E-state index in [2.05, 4.69) is 15.6 Å². The highest BCUT2D eigenvalue weighted by Gasteiger charge is 2.10. The molecule has 0 fully saturated rings. The van der Waals surface area contributed by atoms with Gasteiger partial charge in [-0.15, -0.1) is 0 Å². The van der Waals surface area contributed by atoms with Crippen LogP contribution in [0.4, 0.5) is 16.3 Å². The molecular weight excluding hydrogens is 332 g/mol. The first kappa shape index (κ1) is 17.5. The molecule has 0 saturated heterocycles. The van der Waals surface area contributed by atoms with Gasteiger partial charge in [-0.05, 0) is 30.3 Å². The number of nitriles is 1. The number of aliphatic hydroxyl groups is 1. The summed E-state index contributed by atoms with van der Waals surface area (Å²) in [6.07, 6.45) is 1.84. The van der Waals surface area contributed by atoms with E-state index in [0.29, 0.717) is 40.9 Å². The monoisotopic (exact) mass is 346 g/mol. The maximum atomic E-state index is 12.1. The van der Waals surface area contributed by atoms with Crippen LogP contribution in [-0.4, -0.2) is 29.3 Å². The number of ether oxygens (including phenoxy) is 1. The number of hydrogen-bond donors (Lipinski definition) is 3. The Labute approximate surface area is 143 Å². The number of urea groups is 1. The van der Waals surface area contributed by atoms with E-state index in [4.69, 9.17) is 26.7 Å². The number of benzene rings is 1. The second kappa shape index (κ2) is 8.72. The van der Waals surface area contributed by atoms with Gasteiger partial charge in [0.1, 0.15) is 17.6 Å². The van der Waals surface area contributed by atoms with Crippen molar-refractivity contribution >= 4 is 29.1 Å². The van der Waals surface area contributed by atoms with Crippen LogP contribution in [0.25, 0.3) is 0 Å². The minimum atomic E-state index is -0.526. The van der Waals surface area contributed by atoms with Crippen molar-refractivity contribution in [2.24, 2.45) is 0 Å². The lowest BCUT2D eigenvalue weighted by atomic mass is 10.3. The molecule has 24 heavy (non-hydrogen) atoms. The fourth-order valence-electron chi connectivity index (χ4n) is 1.78. The Morgan fingerprint density at radius 3 is 2.83 bits per heavy atom. The molecule has 1 heterocycles. The van der Waals surface area contributed by atoms with E-state index in [9.17, 15) is 4.79 Å². The van der Waals surface area contributed by atoms with E-state index in [1.807, 2.05) is 6.07 Å². The van der Waals surface area contributed by atoms with Gasteiger partial charge in [-0.2, -0.15) is 5.26 Å². The average molecular weight is 347 g/mol. The van der Waals surface area contributed by atoms with Gasteiger partial charge in [-0.3, -0.25) is 5.32 Å². The van der Waals surface area contributed by atoms with Gasteiger partial charge in [0.05, 0.1) is 17.9 Å². The lowest BCUT2D eigenvalue weighted by molar-refractivity contribution is 0.234. The second-order valence-electron chi connectivity index (χ2n) is 4.69. The molecule has 2 rings (SSSR count). The Bertz CT molecular complexity index is 744. The summed E-state index contributed by atoms with van der Waals surface area (Å²) < 4.78 is 5.50. The van der Waals surface area contributed by atoms with Gasteiger partial charge in [0, 0.05) is 24.2 Å². The van der Waals surface area contributed by atoms with Crippen molar-refractivity contribution in [3.63, 3.8) is 0 Å². The zero-order valence-corrected chi connectivity index (χ0v) is 13.4. The van der Waals surface area contributed by atoms with Crippen LogP contribution in [-0.2, 0) is 0 Å². The summed E-state index contributed by atoms with van der Waals surface area (Å²) in [5.41, 5.74) is 0.793. The van der Waals surface area contributed by atoms with Crippen LogP contribution in [0.2, 0.25) is 5.02 Å². The van der Waals surface area contributed by atoms with Gasteiger partial charge >= 0.3 is 6.03 Å². The number of carbonyl (C=O) groups excluding carboxylic acids is 1. The molecule has 0 spiro atoms. The Morgan fingerprint density at radius 1 is 1.33 bits per heavy atom. The van der Waals surface area contributed by atoms with E-state index >= 15 is 0 Å². The van der Waals surface area contributed by atoms with Crippen LogP contribution >= 0.6 is 11.6 Å². The van der Waals surface area contributed by atoms with E-state index in [-0.39, 0.29) is 6.61 Å². The van der Waals surface area contributed by atoms with Crippen molar-refractivity contribution in [3.8, 4) is 11.8 Å². The van der Waals surface area contributed by atoms with Crippen molar-refractivity contribution < 1.29 is 14.6 Å². The minimum Gasteiger partial charge on any atom is -0.491 e. The summed E-state index contributed by atoms with van der Waals surface area (Å²) in [5, 5.41) is 23.1. The molecule has 0 unspecified atom stereocenters. The number of rotatable bonds is 6. The predicted molar refractivity (Wildman–Crippen MR) is 90.2 cm³/mol. The third-order valence-electron chi connectivity index (χ3n) is 2.88. The quantitative estimate of drug-likeness (QED) is 0.697. The molecule has 0 saturated carbocycles. The number of anilines is 2. The topological polar surface area (TPSA) is 107 Å². The van der Waals surface area contributed by atoms with Gasteiger partial charge in [0.15, 0.2) is 0 Å². The molecule has 2 aromatic rings. The van der Waals surface area contributed by atoms with E-state index in [1.54, 1.807) is 24.3 Å². The van der Waals surface area contributed by atoms with E-state index < -0.39 is 6.03 Å². The van der Waals surface area contributed by atoms with Crippen LogP contribution < -0.4 is 15.4 Å². The van der Waals surface area contributed by atoms with Crippen molar-refractivity contribution in [2.75, 3.05) is 23.8 Å². The van der Waals surface area contributed by atoms with Crippen molar-refractivity contribution in [3.05, 3.63) is 47.1 Å². The minimum absolute atomic E-state index is 0.0151. The zero-order valence-electron chi connectivity index (χ0n) is 12.6. The average Bonchev–Trinajstić information content (AvgIpc) is 2.57. The van der Waals surface area contributed by atoms with Gasteiger partial charge in [0.2, 0.25) is 0 Å². The second-order valence-corrected chi connectivity index (χ2v) is 5.13. The molecule has 0 atom stereocenters. The third-order valence-corrected chi connectivity index (χ3v) is 3.12. The largest absolute Gasteiger partial charge is 0.491 e. The predicted octanol–water partition coefficient (Wildman–Crippen LogP) is 3.01. The highest BCUT2D eigenvalue weighted by molar-refractivity contribution is 6.31. The first-order valence-corrected chi connectivity index (χ1v) is 7.47. The number of halogens is 1. The number of hydrogen-bond acceptors (Lipinski definition) is 5. The highest BCUT2D eigenvalue weighted by Crippen LogP contribution is 2.28. The van der Waals surface area contributed by atoms with Crippen molar-refractivity contribution in [2.45, 2.75) is 6.42 Å². The molecule has 0 aliphatic carbocycles. The molecule has 124 valence electrons. The summed E-state index contributed by atoms with van der Waals surface area (Å²) in [6, 6.07) is 9.32. The molecule has 0 aliphatic rings. The lowest BCUT2D eigenvalue weighted by Crippen LogP contribution is -2.20. The molecule has 7 nitrogen and oxygen atoms in total. The number of nitrogens with zero attached hydrogens (tertiary/aromatic N) is 2. The molecular formula is C16H15ClN4O3. The number of aromatic nitrogens is 1. The molecule has 1 aromatic carbocycles. The number of carbonyl (C=O) groups is 1. The van der Waals surface area contributed by atoms with Crippen LogP contribution in [0.5, 0.6) is 5.75 Å². The highest BCUT2D eigenvalue weighted by atomic mass is 35.5. The molecule has 3 N–H and O–H groups in total. The Morgan fingerprint density at radius 2 is 2.17 bits per heavy atom. The fraction of sp³-hybridized carbons (Fsp3) is 0.188. The summed E-state index contributed by atoms with van der Waals surface area (Å²) >= 11 is 5.94. The van der Waals surface area contributed by atoms with Gasteiger partial charge in [0.25, 0.3) is 0 Å². The molecule has 2 amide bonds. The maximum absolute atomic E-state index is 12.1. The summed E-state index contributed by atoms with van der Waals surface area (Å²) in [5.74, 6) is 0.743.